The van der Waals surface area contributed by atoms with Gasteiger partial charge in [0.1, 0.15) is 12.1 Å². The van der Waals surface area contributed by atoms with E-state index in [9.17, 15) is 14.4 Å². The maximum atomic E-state index is 12.4. The average Bonchev–Trinajstić information content (AvgIpc) is 2.70. The number of carbonyl (C=O) groups excluding carboxylic acids is 2. The Morgan fingerprint density at radius 1 is 1.14 bits per heavy atom. The zero-order chi connectivity index (χ0) is 19.9. The van der Waals surface area contributed by atoms with E-state index < -0.39 is 11.9 Å². The fourth-order valence-electron chi connectivity index (χ4n) is 2.50. The summed E-state index contributed by atoms with van der Waals surface area (Å²) in [6, 6.07) is 13.7. The SMILES string of the molecule is CCOC(=O)/C=C/c1ccc(NC(=O)Cn2nnc3ccccc3c2=O)cc1. The first kappa shape index (κ1) is 19.0. The molecule has 0 saturated carbocycles. The van der Waals surface area contributed by atoms with Crippen LogP contribution in [0.4, 0.5) is 5.69 Å². The first-order valence-electron chi connectivity index (χ1n) is 8.64. The van der Waals surface area contributed by atoms with Crippen molar-refractivity contribution >= 4 is 34.5 Å². The molecule has 0 aliphatic carbocycles. The highest BCUT2D eigenvalue weighted by Crippen LogP contribution is 2.11. The summed E-state index contributed by atoms with van der Waals surface area (Å²) in [4.78, 5) is 35.9. The topological polar surface area (TPSA) is 103 Å². The Bertz CT molecular complexity index is 1090. The fourth-order valence-corrected chi connectivity index (χ4v) is 2.50. The molecule has 1 N–H and O–H groups in total. The third-order valence-electron chi connectivity index (χ3n) is 3.82. The van der Waals surface area contributed by atoms with E-state index in [1.165, 1.54) is 6.08 Å². The lowest BCUT2D eigenvalue weighted by Gasteiger charge is -2.07. The van der Waals surface area contributed by atoms with Crippen molar-refractivity contribution in [1.82, 2.24) is 15.0 Å². The Morgan fingerprint density at radius 3 is 2.64 bits per heavy atom. The van der Waals surface area contributed by atoms with E-state index >= 15 is 0 Å². The summed E-state index contributed by atoms with van der Waals surface area (Å²) < 4.78 is 5.83. The average molecular weight is 378 g/mol. The molecule has 142 valence electrons. The molecule has 3 rings (SSSR count). The van der Waals surface area contributed by atoms with Gasteiger partial charge < -0.3 is 10.1 Å². The van der Waals surface area contributed by atoms with E-state index in [0.29, 0.717) is 23.2 Å². The summed E-state index contributed by atoms with van der Waals surface area (Å²) >= 11 is 0. The smallest absolute Gasteiger partial charge is 0.330 e. The molecule has 1 amide bonds. The third kappa shape index (κ3) is 4.67. The Hall–Kier alpha value is -3.81. The number of carbonyl (C=O) groups is 2. The van der Waals surface area contributed by atoms with Crippen molar-refractivity contribution in [2.75, 3.05) is 11.9 Å². The molecule has 3 aromatic rings. The van der Waals surface area contributed by atoms with Gasteiger partial charge in [-0.15, -0.1) is 5.10 Å². The predicted octanol–water partition coefficient (Wildman–Crippen LogP) is 2.01. The molecule has 0 spiro atoms. The molecule has 2 aromatic carbocycles. The summed E-state index contributed by atoms with van der Waals surface area (Å²) in [5.74, 6) is -0.816. The van der Waals surface area contributed by atoms with Crippen LogP contribution in [-0.4, -0.2) is 33.5 Å². The number of amides is 1. The van der Waals surface area contributed by atoms with Gasteiger partial charge in [0.05, 0.1) is 12.0 Å². The van der Waals surface area contributed by atoms with E-state index in [-0.39, 0.29) is 12.1 Å². The van der Waals surface area contributed by atoms with Crippen LogP contribution in [0, 0.1) is 0 Å². The van der Waals surface area contributed by atoms with Crippen molar-refractivity contribution in [3.05, 3.63) is 70.5 Å². The number of aromatic nitrogens is 3. The van der Waals surface area contributed by atoms with Gasteiger partial charge in [-0.1, -0.05) is 29.5 Å². The minimum absolute atomic E-state index is 0.249. The summed E-state index contributed by atoms with van der Waals surface area (Å²) in [6.45, 7) is 1.81. The highest BCUT2D eigenvalue weighted by molar-refractivity contribution is 5.91. The van der Waals surface area contributed by atoms with Crippen LogP contribution in [0.25, 0.3) is 17.0 Å². The number of ether oxygens (including phenoxy) is 1. The summed E-state index contributed by atoms with van der Waals surface area (Å²) in [6.07, 6.45) is 2.95. The Labute approximate surface area is 160 Å². The van der Waals surface area contributed by atoms with Crippen LogP contribution >= 0.6 is 0 Å². The molecule has 1 aromatic heterocycles. The number of esters is 1. The lowest BCUT2D eigenvalue weighted by atomic mass is 10.2. The molecule has 0 radical (unpaired) electrons. The second-order valence-electron chi connectivity index (χ2n) is 5.82. The largest absolute Gasteiger partial charge is 0.463 e. The molecular weight excluding hydrogens is 360 g/mol. The first-order valence-corrected chi connectivity index (χ1v) is 8.64. The minimum atomic E-state index is -0.415. The summed E-state index contributed by atoms with van der Waals surface area (Å²) in [5, 5.41) is 10.8. The fraction of sp³-hybridized carbons (Fsp3) is 0.150. The molecule has 0 saturated heterocycles. The van der Waals surface area contributed by atoms with Crippen LogP contribution in [0.5, 0.6) is 0 Å². The molecule has 8 heteroatoms. The van der Waals surface area contributed by atoms with Crippen LogP contribution in [0.2, 0.25) is 0 Å². The minimum Gasteiger partial charge on any atom is -0.463 e. The van der Waals surface area contributed by atoms with Crippen molar-refractivity contribution in [2.45, 2.75) is 13.5 Å². The third-order valence-corrected chi connectivity index (χ3v) is 3.82. The normalized spacial score (nSPS) is 10.9. The molecule has 0 aliphatic heterocycles. The predicted molar refractivity (Wildman–Crippen MR) is 105 cm³/mol. The van der Waals surface area contributed by atoms with Crippen molar-refractivity contribution in [1.29, 1.82) is 0 Å². The molecule has 8 nitrogen and oxygen atoms in total. The lowest BCUT2D eigenvalue weighted by Crippen LogP contribution is -2.30. The van der Waals surface area contributed by atoms with Crippen LogP contribution < -0.4 is 10.9 Å². The van der Waals surface area contributed by atoms with E-state index in [0.717, 1.165) is 10.2 Å². The van der Waals surface area contributed by atoms with E-state index in [4.69, 9.17) is 4.74 Å². The van der Waals surface area contributed by atoms with E-state index in [1.807, 2.05) is 0 Å². The summed E-state index contributed by atoms with van der Waals surface area (Å²) in [7, 11) is 0. The molecule has 0 unspecified atom stereocenters. The van der Waals surface area contributed by atoms with Gasteiger partial charge in [-0.05, 0) is 42.8 Å². The number of anilines is 1. The van der Waals surface area contributed by atoms with Crippen LogP contribution in [-0.2, 0) is 20.9 Å². The first-order chi connectivity index (χ1) is 13.6. The van der Waals surface area contributed by atoms with Gasteiger partial charge in [0.2, 0.25) is 5.91 Å². The number of hydrogen-bond donors (Lipinski definition) is 1. The zero-order valence-corrected chi connectivity index (χ0v) is 15.2. The molecule has 1 heterocycles. The van der Waals surface area contributed by atoms with E-state index in [2.05, 4.69) is 15.6 Å². The van der Waals surface area contributed by atoms with Gasteiger partial charge in [0.25, 0.3) is 5.56 Å². The van der Waals surface area contributed by atoms with Crippen molar-refractivity contribution in [2.24, 2.45) is 0 Å². The molecule has 0 bridgehead atoms. The number of nitrogens with zero attached hydrogens (tertiary/aromatic N) is 3. The van der Waals surface area contributed by atoms with Gasteiger partial charge >= 0.3 is 5.97 Å². The van der Waals surface area contributed by atoms with Crippen LogP contribution in [0.15, 0.2) is 59.4 Å². The van der Waals surface area contributed by atoms with Gasteiger partial charge in [-0.2, -0.15) is 0 Å². The number of rotatable bonds is 6. The second kappa shape index (κ2) is 8.72. The number of fused-ring (bicyclic) bond motifs is 1. The maximum Gasteiger partial charge on any atom is 0.330 e. The van der Waals surface area contributed by atoms with Gasteiger partial charge in [-0.25, -0.2) is 9.48 Å². The number of nitrogens with one attached hydrogen (secondary N) is 1. The van der Waals surface area contributed by atoms with Crippen LogP contribution in [0.1, 0.15) is 12.5 Å². The van der Waals surface area contributed by atoms with Crippen molar-refractivity contribution in [3.63, 3.8) is 0 Å². The maximum absolute atomic E-state index is 12.4. The lowest BCUT2D eigenvalue weighted by molar-refractivity contribution is -0.137. The zero-order valence-electron chi connectivity index (χ0n) is 15.2. The molecule has 28 heavy (non-hydrogen) atoms. The monoisotopic (exact) mass is 378 g/mol. The van der Waals surface area contributed by atoms with Crippen molar-refractivity contribution < 1.29 is 14.3 Å². The van der Waals surface area contributed by atoms with Crippen molar-refractivity contribution in [3.8, 4) is 0 Å². The van der Waals surface area contributed by atoms with E-state index in [1.54, 1.807) is 61.5 Å². The Morgan fingerprint density at radius 2 is 1.89 bits per heavy atom. The van der Waals surface area contributed by atoms with Gasteiger partial charge in [-0.3, -0.25) is 9.59 Å². The Balaban J connectivity index is 1.64. The van der Waals surface area contributed by atoms with Crippen LogP contribution in [0.3, 0.4) is 0 Å². The number of hydrogen-bond acceptors (Lipinski definition) is 6. The molecule has 0 aliphatic rings. The molecule has 0 atom stereocenters. The molecular formula is C20H18N4O4. The highest BCUT2D eigenvalue weighted by Gasteiger charge is 2.09. The summed E-state index contributed by atoms with van der Waals surface area (Å²) in [5.41, 5.74) is 1.44. The van der Waals surface area contributed by atoms with Gasteiger partial charge in [0, 0.05) is 11.8 Å². The van der Waals surface area contributed by atoms with Gasteiger partial charge in [0.15, 0.2) is 0 Å². The second-order valence-corrected chi connectivity index (χ2v) is 5.82. The Kier molecular flexibility index (Phi) is 5.91. The standard InChI is InChI=1S/C20H18N4O4/c1-2-28-19(26)12-9-14-7-10-15(11-8-14)21-18(25)13-24-20(27)16-5-3-4-6-17(16)22-23-24/h3-12H,2,13H2,1H3,(H,21,25)/b12-9+. The molecule has 0 fully saturated rings. The highest BCUT2D eigenvalue weighted by atomic mass is 16.5. The quantitative estimate of drug-likeness (QED) is 0.520. The number of benzene rings is 2.